The van der Waals surface area contributed by atoms with Crippen LogP contribution in [0.15, 0.2) is 109 Å². The number of hydrogen-bond acceptors (Lipinski definition) is 14. The number of carbonyl (C=O) groups excluding carboxylic acids is 3. The Kier molecular flexibility index (Phi) is 55.9. The van der Waals surface area contributed by atoms with Gasteiger partial charge < -0.3 is 34.2 Å². The van der Waals surface area contributed by atoms with E-state index < -0.39 is 91.5 Å². The Labute approximate surface area is 500 Å². The summed E-state index contributed by atoms with van der Waals surface area (Å²) in [6.45, 7) is 2.33. The van der Waals surface area contributed by atoms with Gasteiger partial charge in [-0.25, -0.2) is 9.13 Å². The second-order valence-corrected chi connectivity index (χ2v) is 23.4. The fourth-order valence-electron chi connectivity index (χ4n) is 7.67. The van der Waals surface area contributed by atoms with Gasteiger partial charge in [0.1, 0.15) is 25.4 Å². The van der Waals surface area contributed by atoms with Crippen LogP contribution in [0.1, 0.15) is 226 Å². The molecule has 0 aliphatic heterocycles. The first kappa shape index (κ1) is 79.2. The summed E-state index contributed by atoms with van der Waals surface area (Å²) in [6.07, 6.45) is 63.0. The molecule has 16 nitrogen and oxygen atoms in total. The molecule has 0 saturated carbocycles. The van der Waals surface area contributed by atoms with Gasteiger partial charge in [0.2, 0.25) is 0 Å². The number of ether oxygens (including phenoxy) is 3. The molecule has 0 spiro atoms. The van der Waals surface area contributed by atoms with Crippen LogP contribution in [0.25, 0.3) is 0 Å². The van der Waals surface area contributed by atoms with Gasteiger partial charge in [0.05, 0.1) is 26.4 Å². The molecule has 0 radical (unpaired) electrons. The first-order chi connectivity index (χ1) is 40.2. The standard InChI is InChI=1S/C65H110O16P2/c1-4-7-10-13-16-19-22-25-26-27-28-29-30-31-32-35-37-39-42-45-48-51-63(68)75-54-60(66)55-77-82(71,72)78-56-61(67)57-79-83(73,74)80-59-62(81-65(70)53-50-47-44-41-38-34-24-21-18-15-12-9-6-3)58-76-64(69)52-49-46-43-40-36-33-23-20-17-14-11-8-5-2/h7,10-12,14-16,19-21,23-26,28-29,31-32,60-62,66-67H,4-6,8-9,13,17-18,22,27,30,33-59H2,1-3H3,(H,71,72)(H,73,74)/b10-7-,14-11-,15-12-,19-16-,23-20-,24-21-,26-25-,29-28-,32-31-. The van der Waals surface area contributed by atoms with E-state index in [4.69, 9.17) is 32.3 Å². The molecule has 5 atom stereocenters. The Morgan fingerprint density at radius 3 is 1.01 bits per heavy atom. The highest BCUT2D eigenvalue weighted by molar-refractivity contribution is 7.47. The summed E-state index contributed by atoms with van der Waals surface area (Å²) >= 11 is 0. The predicted molar refractivity (Wildman–Crippen MR) is 334 cm³/mol. The lowest BCUT2D eigenvalue weighted by Crippen LogP contribution is -2.30. The normalized spacial score (nSPS) is 15.1. The Hall–Kier alpha value is -3.79. The minimum atomic E-state index is -4.93. The number of phosphoric ester groups is 2. The van der Waals surface area contributed by atoms with Crippen molar-refractivity contribution >= 4 is 33.6 Å². The van der Waals surface area contributed by atoms with E-state index in [-0.39, 0.29) is 19.3 Å². The molecular formula is C65H110O16P2. The van der Waals surface area contributed by atoms with Crippen LogP contribution >= 0.6 is 15.6 Å². The zero-order valence-corrected chi connectivity index (χ0v) is 52.9. The van der Waals surface area contributed by atoms with Crippen LogP contribution in [-0.4, -0.2) is 95.9 Å². The first-order valence-corrected chi connectivity index (χ1v) is 34.2. The van der Waals surface area contributed by atoms with Crippen molar-refractivity contribution in [1.82, 2.24) is 0 Å². The summed E-state index contributed by atoms with van der Waals surface area (Å²) < 4.78 is 60.6. The number of rotatable bonds is 58. The maximum absolute atomic E-state index is 12.8. The van der Waals surface area contributed by atoms with E-state index in [0.29, 0.717) is 19.3 Å². The molecule has 0 rings (SSSR count). The number of aliphatic hydroxyl groups excluding tert-OH is 2. The van der Waals surface area contributed by atoms with Crippen molar-refractivity contribution in [2.45, 2.75) is 245 Å². The largest absolute Gasteiger partial charge is 0.472 e. The van der Waals surface area contributed by atoms with Crippen molar-refractivity contribution in [3.63, 3.8) is 0 Å². The second-order valence-electron chi connectivity index (χ2n) is 20.5. The van der Waals surface area contributed by atoms with Gasteiger partial charge in [-0.1, -0.05) is 201 Å². The molecular weight excluding hydrogens is 1100 g/mol. The SMILES string of the molecule is CC/C=C\C/C=C\C/C=C\C/C=C\C/C=C\CCCCCCCC(=O)OCC(O)COP(=O)(O)OCC(O)COP(=O)(O)OCC(COC(=O)CCCCCCC/C=C\C/C=C\CCC)OC(=O)CCCCCCC/C=C\C/C=C\CCC. The highest BCUT2D eigenvalue weighted by Crippen LogP contribution is 2.45. The monoisotopic (exact) mass is 1210 g/mol. The summed E-state index contributed by atoms with van der Waals surface area (Å²) in [7, 11) is -9.78. The van der Waals surface area contributed by atoms with Crippen molar-refractivity contribution in [1.29, 1.82) is 0 Å². The van der Waals surface area contributed by atoms with Gasteiger partial charge in [0, 0.05) is 19.3 Å². The molecule has 0 bridgehead atoms. The van der Waals surface area contributed by atoms with Gasteiger partial charge in [0.15, 0.2) is 6.10 Å². The molecule has 0 aliphatic rings. The second kappa shape index (κ2) is 58.6. The number of phosphoric acid groups is 2. The fourth-order valence-corrected chi connectivity index (χ4v) is 9.26. The average Bonchev–Trinajstić information content (AvgIpc) is 3.47. The summed E-state index contributed by atoms with van der Waals surface area (Å²) in [5, 5.41) is 20.5. The van der Waals surface area contributed by atoms with Crippen LogP contribution < -0.4 is 0 Å². The molecule has 0 aromatic heterocycles. The topological polar surface area (TPSA) is 231 Å². The number of hydrogen-bond donors (Lipinski definition) is 4. The number of unbranched alkanes of at least 4 members (excludes halogenated alkanes) is 17. The lowest BCUT2D eigenvalue weighted by molar-refractivity contribution is -0.161. The number of aliphatic hydroxyl groups is 2. The van der Waals surface area contributed by atoms with Crippen LogP contribution in [0.2, 0.25) is 0 Å². The van der Waals surface area contributed by atoms with Gasteiger partial charge in [-0.05, 0) is 116 Å². The molecule has 0 amide bonds. The first-order valence-electron chi connectivity index (χ1n) is 31.2. The maximum atomic E-state index is 12.8. The van der Waals surface area contributed by atoms with Crippen LogP contribution in [0.5, 0.6) is 0 Å². The van der Waals surface area contributed by atoms with E-state index >= 15 is 0 Å². The molecule has 0 aromatic rings. The van der Waals surface area contributed by atoms with E-state index in [1.807, 2.05) is 0 Å². The predicted octanol–water partition coefficient (Wildman–Crippen LogP) is 16.5. The lowest BCUT2D eigenvalue weighted by atomic mass is 10.1. The summed E-state index contributed by atoms with van der Waals surface area (Å²) in [5.74, 6) is -1.63. The maximum Gasteiger partial charge on any atom is 0.472 e. The molecule has 0 heterocycles. The van der Waals surface area contributed by atoms with E-state index in [1.165, 1.54) is 0 Å². The van der Waals surface area contributed by atoms with Crippen molar-refractivity contribution in [3.8, 4) is 0 Å². The van der Waals surface area contributed by atoms with Crippen LogP contribution in [-0.2, 0) is 55.8 Å². The highest BCUT2D eigenvalue weighted by Gasteiger charge is 2.29. The smallest absolute Gasteiger partial charge is 0.463 e. The molecule has 18 heteroatoms. The van der Waals surface area contributed by atoms with E-state index in [2.05, 4.69) is 130 Å². The van der Waals surface area contributed by atoms with Crippen LogP contribution in [0.3, 0.4) is 0 Å². The van der Waals surface area contributed by atoms with Crippen molar-refractivity contribution < 1.29 is 75.8 Å². The summed E-state index contributed by atoms with van der Waals surface area (Å²) in [4.78, 5) is 58.1. The molecule has 4 N–H and O–H groups in total. The molecule has 83 heavy (non-hydrogen) atoms. The molecule has 0 aromatic carbocycles. The summed E-state index contributed by atoms with van der Waals surface area (Å²) in [5.41, 5.74) is 0. The van der Waals surface area contributed by atoms with E-state index in [1.54, 1.807) is 0 Å². The number of esters is 3. The Balaban J connectivity index is 4.64. The number of allylic oxidation sites excluding steroid dienone is 18. The Morgan fingerprint density at radius 1 is 0.349 bits per heavy atom. The third-order valence-corrected chi connectivity index (χ3v) is 14.3. The highest BCUT2D eigenvalue weighted by atomic mass is 31.2. The van der Waals surface area contributed by atoms with Crippen molar-refractivity contribution in [2.24, 2.45) is 0 Å². The average molecular weight is 1210 g/mol. The Morgan fingerprint density at radius 2 is 0.639 bits per heavy atom. The Bertz CT molecular complexity index is 1960. The third kappa shape index (κ3) is 59.7. The molecule has 0 saturated heterocycles. The van der Waals surface area contributed by atoms with Crippen LogP contribution in [0.4, 0.5) is 0 Å². The fraction of sp³-hybridized carbons (Fsp3) is 0.677. The van der Waals surface area contributed by atoms with Crippen molar-refractivity contribution in [3.05, 3.63) is 109 Å². The zero-order chi connectivity index (χ0) is 61.0. The van der Waals surface area contributed by atoms with E-state index in [0.717, 1.165) is 167 Å². The quantitative estimate of drug-likeness (QED) is 0.0146. The van der Waals surface area contributed by atoms with Gasteiger partial charge in [-0.3, -0.25) is 32.5 Å². The van der Waals surface area contributed by atoms with Crippen LogP contribution in [0, 0.1) is 0 Å². The minimum absolute atomic E-state index is 0.0829. The van der Waals surface area contributed by atoms with Gasteiger partial charge in [-0.15, -0.1) is 0 Å². The molecule has 476 valence electrons. The molecule has 0 aliphatic carbocycles. The summed E-state index contributed by atoms with van der Waals surface area (Å²) in [6, 6.07) is 0. The van der Waals surface area contributed by atoms with Crippen molar-refractivity contribution in [2.75, 3.05) is 39.6 Å². The zero-order valence-electron chi connectivity index (χ0n) is 51.1. The van der Waals surface area contributed by atoms with Gasteiger partial charge in [-0.2, -0.15) is 0 Å². The molecule has 0 fully saturated rings. The third-order valence-electron chi connectivity index (χ3n) is 12.4. The minimum Gasteiger partial charge on any atom is -0.463 e. The van der Waals surface area contributed by atoms with Gasteiger partial charge >= 0.3 is 33.6 Å². The number of carbonyl (C=O) groups is 3. The molecule has 5 unspecified atom stereocenters. The van der Waals surface area contributed by atoms with Gasteiger partial charge in [0.25, 0.3) is 0 Å². The van der Waals surface area contributed by atoms with E-state index in [9.17, 15) is 43.5 Å². The lowest BCUT2D eigenvalue weighted by Gasteiger charge is -2.21.